The zero-order chi connectivity index (χ0) is 12.9. The number of amidine groups is 1. The molecule has 1 N–H and O–H groups in total. The number of nitrogens with one attached hydrogen (secondary N) is 1. The minimum absolute atomic E-state index is 0.0388. The number of benzene rings is 1. The van der Waals surface area contributed by atoms with Gasteiger partial charge >= 0.3 is 110 Å². The molecule has 17 heavy (non-hydrogen) atoms. The predicted octanol–water partition coefficient (Wildman–Crippen LogP) is 1.87. The first-order chi connectivity index (χ1) is 7.89. The van der Waals surface area contributed by atoms with Crippen molar-refractivity contribution in [3.05, 3.63) is 35.9 Å². The first kappa shape index (κ1) is 13.9. The third kappa shape index (κ3) is 5.16. The van der Waals surface area contributed by atoms with E-state index >= 15 is 0 Å². The van der Waals surface area contributed by atoms with Crippen LogP contribution in [0.5, 0.6) is 0 Å². The Balaban J connectivity index is 2.54. The Kier molecular flexibility index (Phi) is 4.91. The van der Waals surface area contributed by atoms with E-state index in [1.807, 2.05) is 51.1 Å². The summed E-state index contributed by atoms with van der Waals surface area (Å²) in [6.45, 7) is 6.17. The van der Waals surface area contributed by atoms with Crippen LogP contribution < -0.4 is 5.32 Å². The molecular formula is C13H17N2OSe. The second-order valence-electron chi connectivity index (χ2n) is 4.81. The molecule has 4 heteroatoms. The standard InChI is InChI=1S/C13H17N2OSe/c1-13(2,3)11(16)15-12(17)14-9-10-7-5-4-6-8-10/h4-8H,9H2,1-3H3,(H,14,15,16). The van der Waals surface area contributed by atoms with Crippen molar-refractivity contribution < 1.29 is 4.79 Å². The van der Waals surface area contributed by atoms with E-state index in [0.717, 1.165) is 5.56 Å². The summed E-state index contributed by atoms with van der Waals surface area (Å²) in [4.78, 5) is 16.0. The number of rotatable bonds is 2. The van der Waals surface area contributed by atoms with Gasteiger partial charge in [0.25, 0.3) is 0 Å². The van der Waals surface area contributed by atoms with Crippen LogP contribution in [-0.4, -0.2) is 26.7 Å². The summed E-state index contributed by atoms with van der Waals surface area (Å²) < 4.78 is 0.536. The van der Waals surface area contributed by atoms with E-state index in [-0.39, 0.29) is 5.91 Å². The number of hydrogen-bond donors (Lipinski definition) is 1. The summed E-state index contributed by atoms with van der Waals surface area (Å²) in [6, 6.07) is 9.91. The average Bonchev–Trinajstić information content (AvgIpc) is 2.26. The van der Waals surface area contributed by atoms with Crippen LogP contribution in [-0.2, 0) is 11.3 Å². The molecule has 0 unspecified atom stereocenters. The van der Waals surface area contributed by atoms with Crippen LogP contribution in [0.25, 0.3) is 0 Å². The van der Waals surface area contributed by atoms with Gasteiger partial charge in [-0.25, -0.2) is 0 Å². The van der Waals surface area contributed by atoms with Crippen molar-refractivity contribution in [2.75, 3.05) is 0 Å². The van der Waals surface area contributed by atoms with Crippen molar-refractivity contribution in [1.82, 2.24) is 5.32 Å². The molecular weight excluding hydrogens is 279 g/mol. The van der Waals surface area contributed by atoms with Gasteiger partial charge in [-0.1, -0.05) is 0 Å². The summed E-state index contributed by atoms with van der Waals surface area (Å²) in [6.07, 6.45) is 0. The van der Waals surface area contributed by atoms with Gasteiger partial charge in [0.1, 0.15) is 0 Å². The minimum atomic E-state index is -0.405. The molecule has 1 aromatic rings. The van der Waals surface area contributed by atoms with Crippen molar-refractivity contribution in [3.8, 4) is 0 Å². The van der Waals surface area contributed by atoms with Crippen LogP contribution in [0.1, 0.15) is 26.3 Å². The Morgan fingerprint density at radius 2 is 1.88 bits per heavy atom. The third-order valence-electron chi connectivity index (χ3n) is 2.15. The third-order valence-corrected chi connectivity index (χ3v) is 2.63. The zero-order valence-electron chi connectivity index (χ0n) is 10.4. The number of carbonyl (C=O) groups excluding carboxylic acids is 1. The number of hydrogen-bond acceptors (Lipinski definition) is 2. The van der Waals surface area contributed by atoms with Gasteiger partial charge in [0.05, 0.1) is 0 Å². The van der Waals surface area contributed by atoms with Crippen LogP contribution in [0.2, 0.25) is 0 Å². The van der Waals surface area contributed by atoms with E-state index in [0.29, 0.717) is 11.3 Å². The van der Waals surface area contributed by atoms with Gasteiger partial charge < -0.3 is 0 Å². The van der Waals surface area contributed by atoms with Crippen molar-refractivity contribution in [2.24, 2.45) is 10.4 Å². The molecule has 0 aliphatic heterocycles. The van der Waals surface area contributed by atoms with Gasteiger partial charge in [-0.2, -0.15) is 0 Å². The van der Waals surface area contributed by atoms with Crippen molar-refractivity contribution in [1.29, 1.82) is 0 Å². The quantitative estimate of drug-likeness (QED) is 0.505. The molecule has 1 radical (unpaired) electrons. The first-order valence-corrected chi connectivity index (χ1v) is 6.32. The fourth-order valence-electron chi connectivity index (χ4n) is 1.07. The maximum absolute atomic E-state index is 11.7. The first-order valence-electron chi connectivity index (χ1n) is 5.46. The van der Waals surface area contributed by atoms with E-state index < -0.39 is 5.41 Å². The van der Waals surface area contributed by atoms with Crippen LogP contribution in [0.4, 0.5) is 0 Å². The molecule has 1 amide bonds. The molecule has 0 aliphatic carbocycles. The van der Waals surface area contributed by atoms with E-state index in [9.17, 15) is 4.79 Å². The van der Waals surface area contributed by atoms with Crippen LogP contribution in [0.3, 0.4) is 0 Å². The van der Waals surface area contributed by atoms with Gasteiger partial charge in [-0.3, -0.25) is 0 Å². The Morgan fingerprint density at radius 1 is 1.29 bits per heavy atom. The summed E-state index contributed by atoms with van der Waals surface area (Å²) in [7, 11) is 0. The molecule has 1 aromatic carbocycles. The molecule has 0 aliphatic rings. The number of aliphatic imine (C=N–C) groups is 1. The topological polar surface area (TPSA) is 41.5 Å². The molecule has 0 atom stereocenters. The average molecular weight is 296 g/mol. The second-order valence-corrected chi connectivity index (χ2v) is 5.62. The predicted molar refractivity (Wildman–Crippen MR) is 70.9 cm³/mol. The summed E-state index contributed by atoms with van der Waals surface area (Å²) in [5.41, 5.74) is 0.711. The molecule has 0 fully saturated rings. The SMILES string of the molecule is CC(C)(C)C(=O)NC([Se])=NCc1ccccc1. The van der Waals surface area contributed by atoms with Gasteiger partial charge in [-0.05, 0) is 0 Å². The van der Waals surface area contributed by atoms with E-state index in [2.05, 4.69) is 26.3 Å². The molecule has 1 rings (SSSR count). The molecule has 0 aromatic heterocycles. The van der Waals surface area contributed by atoms with Crippen LogP contribution >= 0.6 is 0 Å². The number of carbonyl (C=O) groups is 1. The summed E-state index contributed by atoms with van der Waals surface area (Å²) in [5.74, 6) is -0.0388. The second kappa shape index (κ2) is 5.99. The number of amides is 1. The van der Waals surface area contributed by atoms with Crippen molar-refractivity contribution >= 4 is 26.7 Å². The molecule has 0 heterocycles. The van der Waals surface area contributed by atoms with Gasteiger partial charge in [-0.15, -0.1) is 0 Å². The molecule has 0 spiro atoms. The van der Waals surface area contributed by atoms with E-state index in [4.69, 9.17) is 0 Å². The Labute approximate surface area is 111 Å². The van der Waals surface area contributed by atoms with E-state index in [1.165, 1.54) is 0 Å². The molecule has 0 bridgehead atoms. The Morgan fingerprint density at radius 3 is 2.41 bits per heavy atom. The molecule has 91 valence electrons. The zero-order valence-corrected chi connectivity index (χ0v) is 12.1. The van der Waals surface area contributed by atoms with Crippen molar-refractivity contribution in [2.45, 2.75) is 27.3 Å². The van der Waals surface area contributed by atoms with Gasteiger partial charge in [0, 0.05) is 0 Å². The fourth-order valence-corrected chi connectivity index (χ4v) is 1.40. The van der Waals surface area contributed by atoms with Crippen LogP contribution in [0, 0.1) is 5.41 Å². The van der Waals surface area contributed by atoms with Crippen LogP contribution in [0.15, 0.2) is 35.3 Å². The fraction of sp³-hybridized carbons (Fsp3) is 0.385. The number of nitrogens with zero attached hydrogens (tertiary/aromatic N) is 1. The maximum atomic E-state index is 11.7. The molecule has 0 saturated heterocycles. The summed E-state index contributed by atoms with van der Waals surface area (Å²) >= 11 is 2.77. The van der Waals surface area contributed by atoms with E-state index in [1.54, 1.807) is 0 Å². The van der Waals surface area contributed by atoms with Gasteiger partial charge in [0.15, 0.2) is 0 Å². The van der Waals surface area contributed by atoms with Crippen molar-refractivity contribution in [3.63, 3.8) is 0 Å². The normalized spacial score (nSPS) is 12.3. The van der Waals surface area contributed by atoms with Gasteiger partial charge in [0.2, 0.25) is 0 Å². The Bertz CT molecular complexity index is 407. The molecule has 3 nitrogen and oxygen atoms in total. The monoisotopic (exact) mass is 297 g/mol. The molecule has 0 saturated carbocycles. The summed E-state index contributed by atoms with van der Waals surface area (Å²) in [5, 5.41) is 2.75. The Hall–Kier alpha value is -1.12.